The monoisotopic (exact) mass is 518 g/mol. The summed E-state index contributed by atoms with van der Waals surface area (Å²) in [5.41, 5.74) is 3.15. The first-order chi connectivity index (χ1) is 17.7. The van der Waals surface area contributed by atoms with Crippen molar-refractivity contribution in [2.24, 2.45) is 7.05 Å². The van der Waals surface area contributed by atoms with Gasteiger partial charge in [0.15, 0.2) is 0 Å². The molecule has 0 bridgehead atoms. The Balaban J connectivity index is 1.24. The summed E-state index contributed by atoms with van der Waals surface area (Å²) in [6, 6.07) is 5.42. The molecule has 2 amide bonds. The molecule has 2 aromatic heterocycles. The molecule has 13 heteroatoms. The van der Waals surface area contributed by atoms with E-state index >= 15 is 0 Å². The van der Waals surface area contributed by atoms with Gasteiger partial charge in [-0.15, -0.1) is 0 Å². The lowest BCUT2D eigenvalue weighted by Crippen LogP contribution is -2.54. The minimum Gasteiger partial charge on any atom is -0.377 e. The maximum absolute atomic E-state index is 13.5. The van der Waals surface area contributed by atoms with Crippen LogP contribution in [0.4, 0.5) is 13.2 Å². The highest BCUT2D eigenvalue weighted by Gasteiger charge is 2.38. The van der Waals surface area contributed by atoms with Crippen LogP contribution in [0.5, 0.6) is 0 Å². The van der Waals surface area contributed by atoms with Gasteiger partial charge in [0, 0.05) is 36.8 Å². The Kier molecular flexibility index (Phi) is 6.71. The number of morpholine rings is 1. The van der Waals surface area contributed by atoms with Gasteiger partial charge in [0.1, 0.15) is 5.69 Å². The molecule has 3 heterocycles. The third-order valence-electron chi connectivity index (χ3n) is 6.58. The maximum Gasteiger partial charge on any atom is 0.471 e. The molecular formula is C24H25F3N6O4. The molecule has 1 N–H and O–H groups in total. The van der Waals surface area contributed by atoms with Crippen molar-refractivity contribution in [2.45, 2.75) is 37.9 Å². The van der Waals surface area contributed by atoms with Crippen LogP contribution in [0.1, 0.15) is 50.8 Å². The Labute approximate surface area is 209 Å². The molecule has 0 saturated carbocycles. The van der Waals surface area contributed by atoms with Crippen LogP contribution >= 0.6 is 0 Å². The molecule has 1 saturated heterocycles. The fraction of sp³-hybridized carbons (Fsp3) is 0.458. The molecule has 3 aromatic rings. The Hall–Kier alpha value is -3.74. The molecule has 1 aliphatic carbocycles. The summed E-state index contributed by atoms with van der Waals surface area (Å²) < 4.78 is 49.6. The molecule has 10 nitrogen and oxygen atoms in total. The number of fused-ring (bicyclic) bond motifs is 1. The Morgan fingerprint density at radius 2 is 1.92 bits per heavy atom. The van der Waals surface area contributed by atoms with E-state index in [0.717, 1.165) is 36.9 Å². The molecule has 5 rings (SSSR count). The number of aromatic nitrogens is 4. The van der Waals surface area contributed by atoms with Crippen LogP contribution in [0.25, 0.3) is 11.4 Å². The average molecular weight is 518 g/mol. The van der Waals surface area contributed by atoms with E-state index in [2.05, 4.69) is 25.1 Å². The summed E-state index contributed by atoms with van der Waals surface area (Å²) in [6.07, 6.45) is -0.953. The first-order valence-electron chi connectivity index (χ1n) is 12.0. The van der Waals surface area contributed by atoms with E-state index < -0.39 is 18.0 Å². The molecule has 1 aliphatic heterocycles. The summed E-state index contributed by atoms with van der Waals surface area (Å²) in [5.74, 6) is -2.19. The lowest BCUT2D eigenvalue weighted by molar-refractivity contribution is -0.159. The van der Waals surface area contributed by atoms with Gasteiger partial charge < -0.3 is 19.5 Å². The predicted molar refractivity (Wildman–Crippen MR) is 123 cm³/mol. The normalized spacial score (nSPS) is 17.9. The molecule has 0 radical (unpaired) electrons. The van der Waals surface area contributed by atoms with Crippen LogP contribution < -0.4 is 5.32 Å². The zero-order valence-corrected chi connectivity index (χ0v) is 20.0. The number of hydrogen-bond acceptors (Lipinski definition) is 7. The van der Waals surface area contributed by atoms with Crippen LogP contribution in [-0.4, -0.2) is 69.0 Å². The molecule has 196 valence electrons. The second-order valence-electron chi connectivity index (χ2n) is 9.04. The Bertz CT molecular complexity index is 1300. The number of nitrogens with zero attached hydrogens (tertiary/aromatic N) is 5. The quantitative estimate of drug-likeness (QED) is 0.552. The SMILES string of the molecule is Cn1nc2c(c1C(=O)N1CCOC[C@@H]1CNC(=O)c1ccc(-c3noc(C(F)(F)F)n3)cc1)CCCC2. The summed E-state index contributed by atoms with van der Waals surface area (Å²) >= 11 is 0. The highest BCUT2D eigenvalue weighted by Crippen LogP contribution is 2.29. The van der Waals surface area contributed by atoms with Gasteiger partial charge in [0.05, 0.1) is 24.9 Å². The van der Waals surface area contributed by atoms with Gasteiger partial charge in [-0.05, 0) is 37.8 Å². The van der Waals surface area contributed by atoms with Crippen molar-refractivity contribution >= 4 is 11.8 Å². The number of aryl methyl sites for hydroxylation is 2. The van der Waals surface area contributed by atoms with Crippen molar-refractivity contribution in [1.29, 1.82) is 0 Å². The number of alkyl halides is 3. The number of ether oxygens (including phenoxy) is 1. The number of benzene rings is 1. The van der Waals surface area contributed by atoms with Gasteiger partial charge in [-0.25, -0.2) is 0 Å². The van der Waals surface area contributed by atoms with Gasteiger partial charge in [0.2, 0.25) is 5.82 Å². The van der Waals surface area contributed by atoms with Crippen molar-refractivity contribution < 1.29 is 32.0 Å². The van der Waals surface area contributed by atoms with Crippen molar-refractivity contribution in [3.05, 3.63) is 52.7 Å². The third kappa shape index (κ3) is 5.08. The molecule has 2 aliphatic rings. The van der Waals surface area contributed by atoms with Gasteiger partial charge in [-0.1, -0.05) is 17.3 Å². The summed E-state index contributed by atoms with van der Waals surface area (Å²) in [7, 11) is 1.78. The highest BCUT2D eigenvalue weighted by molar-refractivity contribution is 5.96. The van der Waals surface area contributed by atoms with Crippen LogP contribution in [-0.2, 0) is 30.8 Å². The number of rotatable bonds is 5. The van der Waals surface area contributed by atoms with Gasteiger partial charge >= 0.3 is 12.1 Å². The van der Waals surface area contributed by atoms with Crippen molar-refractivity contribution in [3.8, 4) is 11.4 Å². The maximum atomic E-state index is 13.5. The molecule has 1 fully saturated rings. The fourth-order valence-electron chi connectivity index (χ4n) is 4.72. The zero-order valence-electron chi connectivity index (χ0n) is 20.0. The number of nitrogens with one attached hydrogen (secondary N) is 1. The van der Waals surface area contributed by atoms with E-state index in [1.165, 1.54) is 24.3 Å². The Morgan fingerprint density at radius 1 is 1.16 bits per heavy atom. The van der Waals surface area contributed by atoms with Crippen LogP contribution in [0.3, 0.4) is 0 Å². The predicted octanol–water partition coefficient (Wildman–Crippen LogP) is 2.64. The van der Waals surface area contributed by atoms with Crippen molar-refractivity contribution in [3.63, 3.8) is 0 Å². The minimum absolute atomic E-state index is 0.122. The van der Waals surface area contributed by atoms with Gasteiger partial charge in [-0.3, -0.25) is 14.3 Å². The fourth-order valence-corrected chi connectivity index (χ4v) is 4.72. The van der Waals surface area contributed by atoms with Crippen LogP contribution in [0, 0.1) is 0 Å². The van der Waals surface area contributed by atoms with E-state index in [0.29, 0.717) is 24.4 Å². The number of amides is 2. The van der Waals surface area contributed by atoms with Crippen LogP contribution in [0.2, 0.25) is 0 Å². The molecular weight excluding hydrogens is 493 g/mol. The van der Waals surface area contributed by atoms with E-state index in [1.807, 2.05) is 0 Å². The van der Waals surface area contributed by atoms with Gasteiger partial charge in [-0.2, -0.15) is 23.3 Å². The largest absolute Gasteiger partial charge is 0.471 e. The van der Waals surface area contributed by atoms with Crippen molar-refractivity contribution in [1.82, 2.24) is 30.1 Å². The van der Waals surface area contributed by atoms with E-state index in [1.54, 1.807) is 16.6 Å². The average Bonchev–Trinajstić information content (AvgIpc) is 3.52. The molecule has 1 atom stereocenters. The van der Waals surface area contributed by atoms with Gasteiger partial charge in [0.25, 0.3) is 11.8 Å². The smallest absolute Gasteiger partial charge is 0.377 e. The molecule has 0 spiro atoms. The minimum atomic E-state index is -4.74. The summed E-state index contributed by atoms with van der Waals surface area (Å²) in [5, 5.41) is 10.7. The number of carbonyl (C=O) groups excluding carboxylic acids is 2. The number of hydrogen-bond donors (Lipinski definition) is 1. The molecule has 37 heavy (non-hydrogen) atoms. The molecule has 1 aromatic carbocycles. The first-order valence-corrected chi connectivity index (χ1v) is 12.0. The Morgan fingerprint density at radius 3 is 2.65 bits per heavy atom. The molecule has 0 unspecified atom stereocenters. The van der Waals surface area contributed by atoms with Crippen molar-refractivity contribution in [2.75, 3.05) is 26.3 Å². The highest BCUT2D eigenvalue weighted by atomic mass is 19.4. The lowest BCUT2D eigenvalue weighted by Gasteiger charge is -2.36. The van der Waals surface area contributed by atoms with E-state index in [4.69, 9.17) is 4.74 Å². The van der Waals surface area contributed by atoms with Crippen LogP contribution in [0.15, 0.2) is 28.8 Å². The second kappa shape index (κ2) is 9.96. The standard InChI is InChI=1S/C24H25F3N6O4/c1-32-19(17-4-2-3-5-18(17)30-32)22(35)33-10-11-36-13-16(33)12-28-21(34)15-8-6-14(7-9-15)20-29-23(37-31-20)24(25,26)27/h6-9,16H,2-5,10-13H2,1H3,(H,28,34)/t16-/m0/s1. The van der Waals surface area contributed by atoms with E-state index in [9.17, 15) is 22.8 Å². The second-order valence-corrected chi connectivity index (χ2v) is 9.04. The first kappa shape index (κ1) is 24.9. The summed E-state index contributed by atoms with van der Waals surface area (Å²) in [4.78, 5) is 31.3. The number of halogens is 3. The third-order valence-corrected chi connectivity index (χ3v) is 6.58. The lowest BCUT2D eigenvalue weighted by atomic mass is 9.95. The number of carbonyl (C=O) groups is 2. The summed E-state index contributed by atoms with van der Waals surface area (Å²) in [6.45, 7) is 1.26. The zero-order chi connectivity index (χ0) is 26.2. The topological polar surface area (TPSA) is 115 Å². The van der Waals surface area contributed by atoms with E-state index in [-0.39, 0.29) is 36.5 Å².